The fourth-order valence-corrected chi connectivity index (χ4v) is 3.40. The first-order valence-corrected chi connectivity index (χ1v) is 8.24. The van der Waals surface area contributed by atoms with E-state index in [0.29, 0.717) is 6.54 Å². The van der Waals surface area contributed by atoms with Crippen LogP contribution in [0.25, 0.3) is 10.2 Å². The number of fused-ring (bicyclic) bond motifs is 1. The summed E-state index contributed by atoms with van der Waals surface area (Å²) in [6.45, 7) is 2.62. The number of nitrogens with one attached hydrogen (secondary N) is 1. The minimum atomic E-state index is 0.00222. The zero-order valence-electron chi connectivity index (χ0n) is 12.5. The summed E-state index contributed by atoms with van der Waals surface area (Å²) < 4.78 is 1.22. The first-order valence-electron chi connectivity index (χ1n) is 7.42. The Bertz CT molecular complexity index is 761. The van der Waals surface area contributed by atoms with Crippen LogP contribution in [0, 0.1) is 6.92 Å². The summed E-state index contributed by atoms with van der Waals surface area (Å²) in [5, 5.41) is 4.11. The van der Waals surface area contributed by atoms with Gasteiger partial charge in [-0.25, -0.2) is 4.98 Å². The lowest BCUT2D eigenvalue weighted by molar-refractivity contribution is 0.0952. The molecule has 0 aliphatic carbocycles. The molecule has 0 aliphatic heterocycles. The van der Waals surface area contributed by atoms with Crippen LogP contribution in [0.1, 0.15) is 27.3 Å². The third-order valence-electron chi connectivity index (χ3n) is 3.58. The summed E-state index contributed by atoms with van der Waals surface area (Å²) in [6, 6.07) is 15.8. The highest BCUT2D eigenvalue weighted by Gasteiger charge is 2.07. The smallest absolute Gasteiger partial charge is 0.251 e. The largest absolute Gasteiger partial charge is 0.352 e. The first-order chi connectivity index (χ1) is 10.7. The minimum absolute atomic E-state index is 0.00222. The van der Waals surface area contributed by atoms with E-state index in [0.717, 1.165) is 34.5 Å². The average molecular weight is 310 g/mol. The van der Waals surface area contributed by atoms with Crippen molar-refractivity contribution >= 4 is 27.5 Å². The van der Waals surface area contributed by atoms with Gasteiger partial charge in [-0.15, -0.1) is 11.3 Å². The fraction of sp³-hybridized carbons (Fsp3) is 0.222. The van der Waals surface area contributed by atoms with Crippen molar-refractivity contribution in [1.82, 2.24) is 10.3 Å². The van der Waals surface area contributed by atoms with Crippen molar-refractivity contribution in [1.29, 1.82) is 0 Å². The molecule has 22 heavy (non-hydrogen) atoms. The van der Waals surface area contributed by atoms with Gasteiger partial charge in [0.2, 0.25) is 0 Å². The predicted molar refractivity (Wildman–Crippen MR) is 91.5 cm³/mol. The summed E-state index contributed by atoms with van der Waals surface area (Å²) in [5.74, 6) is 0.00222. The van der Waals surface area contributed by atoms with Crippen molar-refractivity contribution in [3.63, 3.8) is 0 Å². The van der Waals surface area contributed by atoms with Gasteiger partial charge in [0, 0.05) is 18.5 Å². The lowest BCUT2D eigenvalue weighted by Crippen LogP contribution is -2.25. The molecule has 0 atom stereocenters. The van der Waals surface area contributed by atoms with Gasteiger partial charge < -0.3 is 5.32 Å². The monoisotopic (exact) mass is 310 g/mol. The van der Waals surface area contributed by atoms with Gasteiger partial charge in [0.25, 0.3) is 5.91 Å². The molecule has 0 saturated heterocycles. The number of carbonyl (C=O) groups excluding carboxylic acids is 1. The molecule has 4 heteroatoms. The van der Waals surface area contributed by atoms with E-state index in [4.69, 9.17) is 0 Å². The third kappa shape index (κ3) is 3.34. The molecule has 0 unspecified atom stereocenters. The van der Waals surface area contributed by atoms with Crippen molar-refractivity contribution in [3.8, 4) is 0 Å². The number of para-hydroxylation sites is 1. The molecule has 112 valence electrons. The normalized spacial score (nSPS) is 10.8. The number of aryl methyl sites for hydroxylation is 2. The van der Waals surface area contributed by atoms with Gasteiger partial charge in [0.05, 0.1) is 15.2 Å². The van der Waals surface area contributed by atoms with E-state index < -0.39 is 0 Å². The van der Waals surface area contributed by atoms with Crippen molar-refractivity contribution in [2.45, 2.75) is 19.8 Å². The van der Waals surface area contributed by atoms with E-state index >= 15 is 0 Å². The van der Waals surface area contributed by atoms with Gasteiger partial charge >= 0.3 is 0 Å². The van der Waals surface area contributed by atoms with Gasteiger partial charge in [-0.1, -0.05) is 30.3 Å². The molecule has 1 N–H and O–H groups in total. The van der Waals surface area contributed by atoms with E-state index in [9.17, 15) is 4.79 Å². The fourth-order valence-electron chi connectivity index (χ4n) is 2.39. The Morgan fingerprint density at radius 1 is 1.14 bits per heavy atom. The van der Waals surface area contributed by atoms with Crippen LogP contribution in [-0.2, 0) is 6.42 Å². The second kappa shape index (κ2) is 6.71. The van der Waals surface area contributed by atoms with Gasteiger partial charge in [-0.2, -0.15) is 0 Å². The zero-order valence-corrected chi connectivity index (χ0v) is 13.3. The Labute approximate surface area is 134 Å². The number of hydrogen-bond acceptors (Lipinski definition) is 3. The maximum Gasteiger partial charge on any atom is 0.251 e. The maximum absolute atomic E-state index is 12.1. The van der Waals surface area contributed by atoms with Gasteiger partial charge in [0.1, 0.15) is 0 Å². The van der Waals surface area contributed by atoms with Crippen molar-refractivity contribution in [2.24, 2.45) is 0 Å². The maximum atomic E-state index is 12.1. The van der Waals surface area contributed by atoms with E-state index in [1.807, 2.05) is 49.4 Å². The molecular weight excluding hydrogens is 292 g/mol. The third-order valence-corrected chi connectivity index (χ3v) is 4.68. The Morgan fingerprint density at radius 2 is 1.91 bits per heavy atom. The second-order valence-corrected chi connectivity index (χ2v) is 6.36. The van der Waals surface area contributed by atoms with Crippen molar-refractivity contribution in [2.75, 3.05) is 6.54 Å². The molecule has 0 bridgehead atoms. The van der Waals surface area contributed by atoms with Crippen LogP contribution in [0.3, 0.4) is 0 Å². The van der Waals surface area contributed by atoms with E-state index in [2.05, 4.69) is 16.4 Å². The first kappa shape index (κ1) is 14.7. The molecule has 0 fully saturated rings. The van der Waals surface area contributed by atoms with Crippen LogP contribution < -0.4 is 5.32 Å². The zero-order chi connectivity index (χ0) is 15.4. The molecule has 0 spiro atoms. The average Bonchev–Trinajstić information content (AvgIpc) is 2.94. The number of benzene rings is 2. The molecular formula is C18H18N2OS. The van der Waals surface area contributed by atoms with E-state index in [1.54, 1.807) is 11.3 Å². The molecule has 2 aromatic carbocycles. The summed E-state index contributed by atoms with van der Waals surface area (Å²) in [5.41, 5.74) is 2.82. The number of thiazole rings is 1. The quantitative estimate of drug-likeness (QED) is 0.725. The van der Waals surface area contributed by atoms with Crippen LogP contribution >= 0.6 is 11.3 Å². The van der Waals surface area contributed by atoms with Crippen molar-refractivity contribution < 1.29 is 4.79 Å². The minimum Gasteiger partial charge on any atom is -0.352 e. The Morgan fingerprint density at radius 3 is 2.73 bits per heavy atom. The highest BCUT2D eigenvalue weighted by Crippen LogP contribution is 2.22. The molecule has 1 amide bonds. The van der Waals surface area contributed by atoms with Gasteiger partial charge in [0.15, 0.2) is 0 Å². The van der Waals surface area contributed by atoms with Crippen LogP contribution in [0.2, 0.25) is 0 Å². The molecule has 3 rings (SSSR count). The number of carbonyl (C=O) groups is 1. The molecule has 0 saturated carbocycles. The van der Waals surface area contributed by atoms with Crippen LogP contribution in [0.5, 0.6) is 0 Å². The van der Waals surface area contributed by atoms with Gasteiger partial charge in [-0.05, 0) is 37.1 Å². The number of rotatable bonds is 5. The Kier molecular flexibility index (Phi) is 4.49. The van der Waals surface area contributed by atoms with E-state index in [-0.39, 0.29) is 5.91 Å². The van der Waals surface area contributed by atoms with Crippen LogP contribution in [0.4, 0.5) is 0 Å². The Balaban J connectivity index is 1.51. The highest BCUT2D eigenvalue weighted by atomic mass is 32.1. The lowest BCUT2D eigenvalue weighted by atomic mass is 10.1. The van der Waals surface area contributed by atoms with Gasteiger partial charge in [-0.3, -0.25) is 4.79 Å². The van der Waals surface area contributed by atoms with Crippen LogP contribution in [-0.4, -0.2) is 17.4 Å². The van der Waals surface area contributed by atoms with Crippen molar-refractivity contribution in [3.05, 3.63) is 64.7 Å². The highest BCUT2D eigenvalue weighted by molar-refractivity contribution is 7.18. The second-order valence-electron chi connectivity index (χ2n) is 5.25. The summed E-state index contributed by atoms with van der Waals surface area (Å²) in [4.78, 5) is 16.7. The summed E-state index contributed by atoms with van der Waals surface area (Å²) in [6.07, 6.45) is 1.80. The number of nitrogens with zero attached hydrogens (tertiary/aromatic N) is 1. The number of amides is 1. The molecule has 3 nitrogen and oxygen atoms in total. The molecule has 1 aromatic heterocycles. The molecule has 0 radical (unpaired) electrons. The Hall–Kier alpha value is -2.20. The van der Waals surface area contributed by atoms with Crippen LogP contribution in [0.15, 0.2) is 48.5 Å². The number of aromatic nitrogens is 1. The predicted octanol–water partition coefficient (Wildman–Crippen LogP) is 3.97. The molecule has 1 heterocycles. The lowest BCUT2D eigenvalue weighted by Gasteiger charge is -2.06. The number of hydrogen-bond donors (Lipinski definition) is 1. The standard InChI is InChI=1S/C18H18N2OS/c1-13-7-2-3-8-14(13)18(21)19-12-6-11-17-20-15-9-4-5-10-16(15)22-17/h2-5,7-10H,6,11-12H2,1H3,(H,19,21). The topological polar surface area (TPSA) is 42.0 Å². The molecule has 3 aromatic rings. The summed E-state index contributed by atoms with van der Waals surface area (Å²) in [7, 11) is 0. The molecule has 0 aliphatic rings. The summed E-state index contributed by atoms with van der Waals surface area (Å²) >= 11 is 1.73. The van der Waals surface area contributed by atoms with E-state index in [1.165, 1.54) is 4.70 Å². The SMILES string of the molecule is Cc1ccccc1C(=O)NCCCc1nc2ccccc2s1.